The van der Waals surface area contributed by atoms with Crippen LogP contribution in [0.2, 0.25) is 0 Å². The SMILES string of the molecule is O=C(CCC1NC(=O)NC1=O)NCCN1CCc2ccccc2C1. The topological polar surface area (TPSA) is 90.5 Å². The number of hydrogen-bond acceptors (Lipinski definition) is 4. The predicted octanol–water partition coefficient (Wildman–Crippen LogP) is 0.149. The minimum Gasteiger partial charge on any atom is -0.355 e. The van der Waals surface area contributed by atoms with Gasteiger partial charge in [0.2, 0.25) is 5.91 Å². The lowest BCUT2D eigenvalue weighted by Crippen LogP contribution is -2.38. The van der Waals surface area contributed by atoms with Crippen LogP contribution in [0.3, 0.4) is 0 Å². The zero-order valence-electron chi connectivity index (χ0n) is 13.5. The maximum Gasteiger partial charge on any atom is 0.322 e. The lowest BCUT2D eigenvalue weighted by atomic mass is 10.00. The van der Waals surface area contributed by atoms with Crippen molar-refractivity contribution >= 4 is 17.8 Å². The molecule has 0 aromatic heterocycles. The molecule has 1 fully saturated rings. The Kier molecular flexibility index (Phi) is 5.10. The predicted molar refractivity (Wildman–Crippen MR) is 88.1 cm³/mol. The standard InChI is InChI=1S/C17H22N4O3/c22-15(6-5-14-16(23)20-17(24)19-14)18-8-10-21-9-7-12-3-1-2-4-13(12)11-21/h1-4,14H,5-11H2,(H,18,22)(H2,19,20,23,24). The molecule has 1 saturated heterocycles. The van der Waals surface area contributed by atoms with E-state index >= 15 is 0 Å². The Labute approximate surface area is 140 Å². The summed E-state index contributed by atoms with van der Waals surface area (Å²) < 4.78 is 0. The van der Waals surface area contributed by atoms with Gasteiger partial charge in [0.1, 0.15) is 6.04 Å². The number of nitrogens with zero attached hydrogens (tertiary/aromatic N) is 1. The molecule has 1 atom stereocenters. The zero-order chi connectivity index (χ0) is 16.9. The minimum absolute atomic E-state index is 0.0960. The smallest absolute Gasteiger partial charge is 0.322 e. The highest BCUT2D eigenvalue weighted by molar-refractivity contribution is 6.04. The number of hydrogen-bond donors (Lipinski definition) is 3. The Bertz CT molecular complexity index is 646. The Morgan fingerprint density at radius 3 is 2.79 bits per heavy atom. The third-order valence-corrected chi connectivity index (χ3v) is 4.48. The molecule has 1 unspecified atom stereocenters. The van der Waals surface area contributed by atoms with Crippen LogP contribution in [-0.2, 0) is 22.6 Å². The van der Waals surface area contributed by atoms with Gasteiger partial charge in [-0.15, -0.1) is 0 Å². The Hall–Kier alpha value is -2.41. The van der Waals surface area contributed by atoms with Crippen molar-refractivity contribution in [1.29, 1.82) is 0 Å². The highest BCUT2D eigenvalue weighted by Gasteiger charge is 2.29. The fourth-order valence-electron chi connectivity index (χ4n) is 3.12. The van der Waals surface area contributed by atoms with Crippen molar-refractivity contribution in [3.8, 4) is 0 Å². The first-order valence-corrected chi connectivity index (χ1v) is 8.29. The molecule has 0 bridgehead atoms. The highest BCUT2D eigenvalue weighted by atomic mass is 16.2. The average Bonchev–Trinajstić information content (AvgIpc) is 2.90. The van der Waals surface area contributed by atoms with Gasteiger partial charge in [-0.2, -0.15) is 0 Å². The molecule has 128 valence electrons. The van der Waals surface area contributed by atoms with Crippen LogP contribution in [-0.4, -0.2) is 48.4 Å². The summed E-state index contributed by atoms with van der Waals surface area (Å²) in [5, 5.41) is 7.52. The molecule has 2 aliphatic rings. The summed E-state index contributed by atoms with van der Waals surface area (Å²) in [6.07, 6.45) is 1.59. The van der Waals surface area contributed by atoms with Gasteiger partial charge in [0, 0.05) is 32.6 Å². The quantitative estimate of drug-likeness (QED) is 0.648. The fraction of sp³-hybridized carbons (Fsp3) is 0.471. The molecular formula is C17H22N4O3. The summed E-state index contributed by atoms with van der Waals surface area (Å²) >= 11 is 0. The first-order chi connectivity index (χ1) is 11.6. The number of nitrogens with one attached hydrogen (secondary N) is 3. The van der Waals surface area contributed by atoms with Crippen molar-refractivity contribution in [2.24, 2.45) is 0 Å². The molecule has 2 aliphatic heterocycles. The van der Waals surface area contributed by atoms with Gasteiger partial charge >= 0.3 is 6.03 Å². The number of benzene rings is 1. The highest BCUT2D eigenvalue weighted by Crippen LogP contribution is 2.17. The van der Waals surface area contributed by atoms with E-state index in [1.54, 1.807) is 0 Å². The molecule has 0 radical (unpaired) electrons. The van der Waals surface area contributed by atoms with Crippen LogP contribution in [0, 0.1) is 0 Å². The monoisotopic (exact) mass is 330 g/mol. The van der Waals surface area contributed by atoms with E-state index in [1.165, 1.54) is 11.1 Å². The Morgan fingerprint density at radius 1 is 1.25 bits per heavy atom. The third kappa shape index (κ3) is 4.11. The second-order valence-corrected chi connectivity index (χ2v) is 6.20. The molecule has 3 rings (SSSR count). The second-order valence-electron chi connectivity index (χ2n) is 6.20. The van der Waals surface area contributed by atoms with E-state index in [0.717, 1.165) is 26.1 Å². The largest absolute Gasteiger partial charge is 0.355 e. The summed E-state index contributed by atoms with van der Waals surface area (Å²) in [6.45, 7) is 3.31. The van der Waals surface area contributed by atoms with Crippen molar-refractivity contribution < 1.29 is 14.4 Å². The molecule has 1 aromatic carbocycles. The first kappa shape index (κ1) is 16.4. The number of fused-ring (bicyclic) bond motifs is 1. The van der Waals surface area contributed by atoms with Crippen molar-refractivity contribution in [3.63, 3.8) is 0 Å². The molecule has 2 heterocycles. The van der Waals surface area contributed by atoms with Gasteiger partial charge in [0.25, 0.3) is 5.91 Å². The van der Waals surface area contributed by atoms with Gasteiger partial charge < -0.3 is 10.6 Å². The molecule has 0 spiro atoms. The lowest BCUT2D eigenvalue weighted by molar-refractivity contribution is -0.122. The minimum atomic E-state index is -0.596. The summed E-state index contributed by atoms with van der Waals surface area (Å²) in [5.41, 5.74) is 2.77. The lowest BCUT2D eigenvalue weighted by Gasteiger charge is -2.28. The second kappa shape index (κ2) is 7.44. The number of imide groups is 1. The normalized spacial score (nSPS) is 20.2. The van der Waals surface area contributed by atoms with Gasteiger partial charge in [-0.25, -0.2) is 4.79 Å². The van der Waals surface area contributed by atoms with E-state index in [9.17, 15) is 14.4 Å². The number of rotatable bonds is 6. The van der Waals surface area contributed by atoms with Crippen LogP contribution in [0.4, 0.5) is 4.79 Å². The summed E-state index contributed by atoms with van der Waals surface area (Å²) in [6, 6.07) is 7.37. The fourth-order valence-corrected chi connectivity index (χ4v) is 3.12. The summed E-state index contributed by atoms with van der Waals surface area (Å²) in [7, 11) is 0. The summed E-state index contributed by atoms with van der Waals surface area (Å²) in [4.78, 5) is 36.6. The molecule has 7 heteroatoms. The first-order valence-electron chi connectivity index (χ1n) is 8.29. The van der Waals surface area contributed by atoms with E-state index < -0.39 is 12.1 Å². The molecule has 7 nitrogen and oxygen atoms in total. The third-order valence-electron chi connectivity index (χ3n) is 4.48. The van der Waals surface area contributed by atoms with Crippen LogP contribution in [0.25, 0.3) is 0 Å². The van der Waals surface area contributed by atoms with Gasteiger partial charge in [0.15, 0.2) is 0 Å². The van der Waals surface area contributed by atoms with Crippen LogP contribution in [0.5, 0.6) is 0 Å². The molecule has 3 N–H and O–H groups in total. The van der Waals surface area contributed by atoms with Gasteiger partial charge in [0.05, 0.1) is 0 Å². The van der Waals surface area contributed by atoms with E-state index in [4.69, 9.17) is 0 Å². The van der Waals surface area contributed by atoms with E-state index in [2.05, 4.69) is 45.1 Å². The molecule has 4 amide bonds. The molecule has 1 aromatic rings. The maximum atomic E-state index is 11.9. The van der Waals surface area contributed by atoms with Crippen molar-refractivity contribution in [2.75, 3.05) is 19.6 Å². The number of carbonyl (C=O) groups excluding carboxylic acids is 3. The number of amides is 4. The Balaban J connectivity index is 1.34. The molecule has 0 aliphatic carbocycles. The van der Waals surface area contributed by atoms with Crippen LogP contribution in [0.15, 0.2) is 24.3 Å². The molecule has 24 heavy (non-hydrogen) atoms. The maximum absolute atomic E-state index is 11.9. The van der Waals surface area contributed by atoms with E-state index in [0.29, 0.717) is 13.0 Å². The van der Waals surface area contributed by atoms with Crippen LogP contribution in [0.1, 0.15) is 24.0 Å². The summed E-state index contributed by atoms with van der Waals surface area (Å²) in [5.74, 6) is -0.457. The van der Waals surface area contributed by atoms with E-state index in [-0.39, 0.29) is 18.2 Å². The Morgan fingerprint density at radius 2 is 2.04 bits per heavy atom. The molecular weight excluding hydrogens is 308 g/mol. The van der Waals surface area contributed by atoms with Gasteiger partial charge in [-0.05, 0) is 24.0 Å². The van der Waals surface area contributed by atoms with Crippen LogP contribution < -0.4 is 16.0 Å². The van der Waals surface area contributed by atoms with Crippen LogP contribution >= 0.6 is 0 Å². The van der Waals surface area contributed by atoms with Gasteiger partial charge in [-0.3, -0.25) is 19.8 Å². The van der Waals surface area contributed by atoms with Crippen molar-refractivity contribution in [1.82, 2.24) is 20.9 Å². The van der Waals surface area contributed by atoms with Gasteiger partial charge in [-0.1, -0.05) is 24.3 Å². The molecule has 0 saturated carbocycles. The number of carbonyl (C=O) groups is 3. The zero-order valence-corrected chi connectivity index (χ0v) is 13.5. The average molecular weight is 330 g/mol. The van der Waals surface area contributed by atoms with Crippen molar-refractivity contribution in [2.45, 2.75) is 31.8 Å². The van der Waals surface area contributed by atoms with E-state index in [1.807, 2.05) is 0 Å². The number of urea groups is 1. The van der Waals surface area contributed by atoms with Crippen molar-refractivity contribution in [3.05, 3.63) is 35.4 Å².